The van der Waals surface area contributed by atoms with E-state index in [1.807, 2.05) is 0 Å². The lowest BCUT2D eigenvalue weighted by Crippen LogP contribution is -2.61. The Morgan fingerprint density at radius 1 is 0.791 bits per heavy atom. The zero-order chi connectivity index (χ0) is 31.2. The third-order valence-corrected chi connectivity index (χ3v) is 7.40. The molecule has 5 rings (SSSR count). The summed E-state index contributed by atoms with van der Waals surface area (Å²) in [4.78, 5) is 12.8. The van der Waals surface area contributed by atoms with Crippen molar-refractivity contribution in [1.29, 1.82) is 0 Å². The standard InChI is InChI=1S/C28H32O15/c1-10-21(32)23(34)25(36)27(40-10)39-9-19-22(33)24(35)26(37)28(43-19)41-12-6-14(30)20-15(31)8-16(42-18(20)7-12)11-3-4-13(29)17(5-11)38-2/h3-8,10,19,21-30,32-37H,9H2,1-2H3/t10-,19+,21-,22+,23+,24-,25+,26+,27?,28?/m0/s1. The summed E-state index contributed by atoms with van der Waals surface area (Å²) in [6, 6.07) is 7.76. The van der Waals surface area contributed by atoms with Gasteiger partial charge in [-0.1, -0.05) is 0 Å². The van der Waals surface area contributed by atoms with Gasteiger partial charge in [0.05, 0.1) is 19.8 Å². The maximum Gasteiger partial charge on any atom is 0.229 e. The molecule has 2 aliphatic heterocycles. The quantitative estimate of drug-likeness (QED) is 0.159. The zero-order valence-electron chi connectivity index (χ0n) is 22.9. The lowest BCUT2D eigenvalue weighted by molar-refractivity contribution is -0.318. The molecule has 8 N–H and O–H groups in total. The number of phenolic OH excluding ortho intramolecular Hbond substituents is 2. The minimum Gasteiger partial charge on any atom is -0.507 e. The molecule has 3 heterocycles. The molecule has 0 saturated carbocycles. The van der Waals surface area contributed by atoms with Crippen molar-refractivity contribution in [3.8, 4) is 34.3 Å². The molecule has 15 heteroatoms. The van der Waals surface area contributed by atoms with Gasteiger partial charge in [-0.05, 0) is 25.1 Å². The molecule has 2 aromatic carbocycles. The van der Waals surface area contributed by atoms with Crippen LogP contribution in [0.15, 0.2) is 45.6 Å². The average Bonchev–Trinajstić information content (AvgIpc) is 2.97. The number of phenols is 2. The Hall–Kier alpha value is -3.51. The molecular weight excluding hydrogens is 576 g/mol. The Morgan fingerprint density at radius 3 is 2.21 bits per heavy atom. The Kier molecular flexibility index (Phi) is 8.80. The van der Waals surface area contributed by atoms with Crippen LogP contribution >= 0.6 is 0 Å². The molecule has 0 spiro atoms. The molecule has 15 nitrogen and oxygen atoms in total. The number of fused-ring (bicyclic) bond motifs is 1. The lowest BCUT2D eigenvalue weighted by atomic mass is 9.98. The van der Waals surface area contributed by atoms with Gasteiger partial charge in [0.15, 0.2) is 23.2 Å². The molecule has 0 radical (unpaired) electrons. The minimum absolute atomic E-state index is 0.0798. The molecule has 10 atom stereocenters. The van der Waals surface area contributed by atoms with E-state index >= 15 is 0 Å². The fraction of sp³-hybridized carbons (Fsp3) is 0.464. The van der Waals surface area contributed by atoms with Crippen LogP contribution in [0.4, 0.5) is 0 Å². The summed E-state index contributed by atoms with van der Waals surface area (Å²) in [5.74, 6) is -0.567. The van der Waals surface area contributed by atoms with Crippen molar-refractivity contribution in [2.45, 2.75) is 68.3 Å². The summed E-state index contributed by atoms with van der Waals surface area (Å²) in [6.45, 7) is 0.955. The van der Waals surface area contributed by atoms with Gasteiger partial charge in [0.2, 0.25) is 6.29 Å². The molecule has 2 aliphatic rings. The normalized spacial score (nSPS) is 32.9. The van der Waals surface area contributed by atoms with Crippen molar-refractivity contribution in [2.24, 2.45) is 0 Å². The van der Waals surface area contributed by atoms with Gasteiger partial charge in [-0.3, -0.25) is 4.79 Å². The number of rotatable bonds is 7. The largest absolute Gasteiger partial charge is 0.507 e. The van der Waals surface area contributed by atoms with Crippen LogP contribution in [-0.2, 0) is 14.2 Å². The highest BCUT2D eigenvalue weighted by Gasteiger charge is 2.47. The van der Waals surface area contributed by atoms with E-state index in [9.17, 15) is 45.6 Å². The highest BCUT2D eigenvalue weighted by Crippen LogP contribution is 2.35. The molecule has 2 unspecified atom stereocenters. The number of hydrogen-bond acceptors (Lipinski definition) is 15. The van der Waals surface area contributed by atoms with Crippen LogP contribution in [0.25, 0.3) is 22.3 Å². The Balaban J connectivity index is 1.37. The van der Waals surface area contributed by atoms with E-state index in [-0.39, 0.29) is 34.0 Å². The second-order valence-electron chi connectivity index (χ2n) is 10.3. The van der Waals surface area contributed by atoms with Gasteiger partial charge >= 0.3 is 0 Å². The van der Waals surface area contributed by atoms with Gasteiger partial charge < -0.3 is 69.0 Å². The van der Waals surface area contributed by atoms with E-state index in [1.54, 1.807) is 0 Å². The van der Waals surface area contributed by atoms with Crippen LogP contribution in [0, 0.1) is 0 Å². The smallest absolute Gasteiger partial charge is 0.229 e. The number of aliphatic hydroxyl groups excluding tert-OH is 6. The number of aliphatic hydroxyl groups is 6. The van der Waals surface area contributed by atoms with Crippen LogP contribution in [0.5, 0.6) is 23.0 Å². The SMILES string of the molecule is COc1cc(-c2cc(=O)c3c(O)cc(OC4O[C@H](COC5O[C@@H](C)[C@H](O)[C@@H](O)[C@H]5O)[C@@H](O)[C@H](O)[C@H]4O)cc3o2)ccc1O. The maximum atomic E-state index is 12.8. The van der Waals surface area contributed by atoms with Gasteiger partial charge in [0, 0.05) is 23.8 Å². The minimum atomic E-state index is -1.78. The second-order valence-corrected chi connectivity index (χ2v) is 10.3. The summed E-state index contributed by atoms with van der Waals surface area (Å²) in [6.07, 6.45) is -15.0. The van der Waals surface area contributed by atoms with Gasteiger partial charge in [-0.15, -0.1) is 0 Å². The zero-order valence-corrected chi connectivity index (χ0v) is 22.9. The first-order chi connectivity index (χ1) is 20.4. The molecule has 3 aromatic rings. The lowest BCUT2D eigenvalue weighted by Gasteiger charge is -2.42. The Labute approximate surface area is 243 Å². The molecule has 0 bridgehead atoms. The summed E-state index contributed by atoms with van der Waals surface area (Å²) < 4.78 is 33.0. The van der Waals surface area contributed by atoms with E-state index in [0.29, 0.717) is 5.56 Å². The molecular formula is C28H32O15. The summed E-state index contributed by atoms with van der Waals surface area (Å²) in [7, 11) is 1.36. The van der Waals surface area contributed by atoms with Crippen LogP contribution in [-0.4, -0.2) is 116 Å². The van der Waals surface area contributed by atoms with Gasteiger partial charge in [0.1, 0.15) is 71.0 Å². The van der Waals surface area contributed by atoms with Crippen LogP contribution in [0.2, 0.25) is 0 Å². The summed E-state index contributed by atoms with van der Waals surface area (Å²) in [5, 5.41) is 81.8. The third-order valence-electron chi connectivity index (χ3n) is 7.40. The van der Waals surface area contributed by atoms with Crippen LogP contribution < -0.4 is 14.9 Å². The number of methoxy groups -OCH3 is 1. The molecule has 1 aromatic heterocycles. The van der Waals surface area contributed by atoms with Crippen LogP contribution in [0.1, 0.15) is 6.92 Å². The Bertz CT molecular complexity index is 1510. The highest BCUT2D eigenvalue weighted by atomic mass is 16.7. The van der Waals surface area contributed by atoms with Gasteiger partial charge in [-0.2, -0.15) is 0 Å². The number of benzene rings is 2. The Morgan fingerprint density at radius 2 is 1.49 bits per heavy atom. The predicted molar refractivity (Wildman–Crippen MR) is 143 cm³/mol. The fourth-order valence-electron chi connectivity index (χ4n) is 4.91. The first kappa shape index (κ1) is 30.9. The van der Waals surface area contributed by atoms with Crippen molar-refractivity contribution in [3.63, 3.8) is 0 Å². The molecule has 0 amide bonds. The van der Waals surface area contributed by atoms with Crippen molar-refractivity contribution < 1.29 is 69.0 Å². The average molecular weight is 609 g/mol. The first-order valence-electron chi connectivity index (χ1n) is 13.3. The van der Waals surface area contributed by atoms with Gasteiger partial charge in [-0.25, -0.2) is 0 Å². The van der Waals surface area contributed by atoms with Crippen LogP contribution in [0.3, 0.4) is 0 Å². The molecule has 2 fully saturated rings. The highest BCUT2D eigenvalue weighted by molar-refractivity contribution is 5.86. The predicted octanol–water partition coefficient (Wildman–Crippen LogP) is -1.09. The van der Waals surface area contributed by atoms with E-state index in [2.05, 4.69) is 0 Å². The monoisotopic (exact) mass is 608 g/mol. The topological polar surface area (TPSA) is 238 Å². The molecule has 43 heavy (non-hydrogen) atoms. The third kappa shape index (κ3) is 5.99. The summed E-state index contributed by atoms with van der Waals surface area (Å²) >= 11 is 0. The van der Waals surface area contributed by atoms with E-state index in [4.69, 9.17) is 28.1 Å². The van der Waals surface area contributed by atoms with E-state index < -0.39 is 79.2 Å². The second kappa shape index (κ2) is 12.2. The van der Waals surface area contributed by atoms with Crippen molar-refractivity contribution in [2.75, 3.05) is 13.7 Å². The maximum absolute atomic E-state index is 12.8. The van der Waals surface area contributed by atoms with E-state index in [0.717, 1.165) is 12.1 Å². The molecule has 234 valence electrons. The van der Waals surface area contributed by atoms with E-state index in [1.165, 1.54) is 38.3 Å². The van der Waals surface area contributed by atoms with Crippen molar-refractivity contribution >= 4 is 11.0 Å². The first-order valence-corrected chi connectivity index (χ1v) is 13.3. The van der Waals surface area contributed by atoms with Crippen molar-refractivity contribution in [3.05, 3.63) is 46.6 Å². The number of ether oxygens (including phenoxy) is 5. The number of hydrogen-bond donors (Lipinski definition) is 8. The summed E-state index contributed by atoms with van der Waals surface area (Å²) in [5.41, 5.74) is -0.307. The molecule has 2 saturated heterocycles. The van der Waals surface area contributed by atoms with Crippen molar-refractivity contribution in [1.82, 2.24) is 0 Å². The van der Waals surface area contributed by atoms with Gasteiger partial charge in [0.25, 0.3) is 0 Å². The molecule has 0 aliphatic carbocycles. The number of aromatic hydroxyl groups is 2. The fourth-order valence-corrected chi connectivity index (χ4v) is 4.91.